The largest absolute Gasteiger partial charge is 0.376 e. The molecular formula is C62H47BN2S. The van der Waals surface area contributed by atoms with Crippen molar-refractivity contribution < 1.29 is 0 Å². The van der Waals surface area contributed by atoms with Gasteiger partial charge in [-0.15, -0.1) is 11.3 Å². The number of hydrogen-bond donors (Lipinski definition) is 0. The van der Waals surface area contributed by atoms with Crippen LogP contribution in [0.4, 0.5) is 28.4 Å². The molecule has 4 heterocycles. The molecule has 3 aliphatic heterocycles. The third kappa shape index (κ3) is 4.77. The molecule has 2 nitrogen and oxygen atoms in total. The lowest BCUT2D eigenvalue weighted by Crippen LogP contribution is -2.63. The standard InChI is InChI=1S/C62H47BN2S/c1-60(2,3)38-31-33-41(34-32-38)65-58-44(35-36-47-54(58)42-23-12-14-25-45(42)61(47,4)5)56-55-43-24-13-17-30-52(43)66-53(55)37-51-57(56)63(65)49-28-18-27-48-59(49)64(51)50-29-16-15-26-46(50)62(48,39-19-8-6-9-20-39)40-21-10-7-11-22-40/h6-37H,1-5H3. The van der Waals surface area contributed by atoms with Crippen LogP contribution in [0.15, 0.2) is 194 Å². The van der Waals surface area contributed by atoms with Gasteiger partial charge >= 0.3 is 6.85 Å². The van der Waals surface area contributed by atoms with Crippen molar-refractivity contribution in [3.05, 3.63) is 233 Å². The van der Waals surface area contributed by atoms with Crippen molar-refractivity contribution in [2.45, 2.75) is 50.9 Å². The summed E-state index contributed by atoms with van der Waals surface area (Å²) in [5.74, 6) is 0. The van der Waals surface area contributed by atoms with Crippen LogP contribution in [0.5, 0.6) is 0 Å². The molecule has 0 fully saturated rings. The molecule has 0 saturated carbocycles. The van der Waals surface area contributed by atoms with Gasteiger partial charge in [0.05, 0.1) is 11.1 Å². The molecule has 0 amide bonds. The van der Waals surface area contributed by atoms with Crippen LogP contribution in [-0.2, 0) is 16.2 Å². The molecule has 0 radical (unpaired) electrons. The minimum Gasteiger partial charge on any atom is -0.376 e. The molecule has 4 aliphatic rings. The van der Waals surface area contributed by atoms with Gasteiger partial charge in [-0.05, 0) is 96.7 Å². The summed E-state index contributed by atoms with van der Waals surface area (Å²) in [6, 6.07) is 74.4. The molecule has 0 atom stereocenters. The Morgan fingerprint density at radius 3 is 1.89 bits per heavy atom. The highest BCUT2D eigenvalue weighted by Gasteiger charge is 2.54. The average Bonchev–Trinajstić information content (AvgIpc) is 3.84. The Morgan fingerprint density at radius 2 is 1.15 bits per heavy atom. The monoisotopic (exact) mass is 862 g/mol. The Bertz CT molecular complexity index is 3630. The lowest BCUT2D eigenvalue weighted by Gasteiger charge is -2.52. The molecule has 314 valence electrons. The summed E-state index contributed by atoms with van der Waals surface area (Å²) in [5, 5.41) is 2.69. The molecule has 1 aliphatic carbocycles. The van der Waals surface area contributed by atoms with Gasteiger partial charge in [0.2, 0.25) is 0 Å². The predicted molar refractivity (Wildman–Crippen MR) is 281 cm³/mol. The van der Waals surface area contributed by atoms with Crippen LogP contribution in [0, 0.1) is 0 Å². The Hall–Kier alpha value is -7.14. The summed E-state index contributed by atoms with van der Waals surface area (Å²) < 4.78 is 2.64. The summed E-state index contributed by atoms with van der Waals surface area (Å²) in [7, 11) is 0. The van der Waals surface area contributed by atoms with Crippen molar-refractivity contribution in [1.29, 1.82) is 0 Å². The number of hydrogen-bond acceptors (Lipinski definition) is 3. The van der Waals surface area contributed by atoms with Crippen LogP contribution >= 0.6 is 11.3 Å². The Labute approximate surface area is 391 Å². The SMILES string of the molecule is CC(C)(C)c1ccc(N2B3c4cccc5c4N(c4ccccc4C5(c4ccccc4)c4ccccc4)c4cc5sc6ccccc6c5c(c43)-c3ccc4c(c32)-c2ccccc2C4(C)C)cc1. The summed E-state index contributed by atoms with van der Waals surface area (Å²) in [5.41, 5.74) is 22.8. The Balaban J connectivity index is 1.19. The maximum atomic E-state index is 2.77. The van der Waals surface area contributed by atoms with Crippen molar-refractivity contribution in [2.75, 3.05) is 9.71 Å². The summed E-state index contributed by atoms with van der Waals surface area (Å²) in [4.78, 5) is 5.44. The topological polar surface area (TPSA) is 6.48 Å². The second kappa shape index (κ2) is 13.2. The molecule has 14 rings (SSSR count). The van der Waals surface area contributed by atoms with Crippen LogP contribution in [0.3, 0.4) is 0 Å². The smallest absolute Gasteiger partial charge is 0.333 e. The van der Waals surface area contributed by atoms with E-state index >= 15 is 0 Å². The van der Waals surface area contributed by atoms with Crippen molar-refractivity contribution >= 4 is 77.7 Å². The molecule has 4 heteroatoms. The number of nitrogens with zero attached hydrogens (tertiary/aromatic N) is 2. The van der Waals surface area contributed by atoms with Gasteiger partial charge in [0.15, 0.2) is 0 Å². The summed E-state index contributed by atoms with van der Waals surface area (Å²) in [6.07, 6.45) is 0. The lowest BCUT2D eigenvalue weighted by atomic mass is 9.42. The van der Waals surface area contributed by atoms with Crippen LogP contribution in [-0.4, -0.2) is 6.85 Å². The number of thiophene rings is 1. The van der Waals surface area contributed by atoms with E-state index in [0.717, 1.165) is 0 Å². The van der Waals surface area contributed by atoms with E-state index in [1.54, 1.807) is 0 Å². The summed E-state index contributed by atoms with van der Waals surface area (Å²) >= 11 is 1.93. The first-order chi connectivity index (χ1) is 32.2. The predicted octanol–water partition coefficient (Wildman–Crippen LogP) is 15.1. The molecule has 0 N–H and O–H groups in total. The number of para-hydroxylation sites is 2. The molecule has 0 saturated heterocycles. The van der Waals surface area contributed by atoms with E-state index < -0.39 is 5.41 Å². The molecule has 0 unspecified atom stereocenters. The van der Waals surface area contributed by atoms with Crippen molar-refractivity contribution in [2.24, 2.45) is 0 Å². The van der Waals surface area contributed by atoms with E-state index in [-0.39, 0.29) is 17.7 Å². The van der Waals surface area contributed by atoms with Gasteiger partial charge in [-0.25, -0.2) is 0 Å². The fraction of sp³-hybridized carbons (Fsp3) is 0.129. The maximum Gasteiger partial charge on any atom is 0.333 e. The highest BCUT2D eigenvalue weighted by molar-refractivity contribution is 7.26. The third-order valence-corrected chi connectivity index (χ3v) is 16.8. The lowest BCUT2D eigenvalue weighted by molar-refractivity contribution is 0.590. The molecule has 66 heavy (non-hydrogen) atoms. The maximum absolute atomic E-state index is 2.77. The van der Waals surface area contributed by atoms with Crippen LogP contribution in [0.25, 0.3) is 42.4 Å². The Morgan fingerprint density at radius 1 is 0.500 bits per heavy atom. The van der Waals surface area contributed by atoms with E-state index in [4.69, 9.17) is 0 Å². The number of fused-ring (bicyclic) bond motifs is 14. The van der Waals surface area contributed by atoms with E-state index in [0.29, 0.717) is 0 Å². The van der Waals surface area contributed by atoms with Crippen LogP contribution in [0.2, 0.25) is 0 Å². The fourth-order valence-corrected chi connectivity index (χ4v) is 14.0. The molecular weight excluding hydrogens is 816 g/mol. The first-order valence-corrected chi connectivity index (χ1v) is 24.3. The van der Waals surface area contributed by atoms with Crippen LogP contribution < -0.4 is 20.6 Å². The number of benzene rings is 9. The minimum atomic E-state index is -0.584. The highest BCUT2D eigenvalue weighted by Crippen LogP contribution is 2.62. The zero-order chi connectivity index (χ0) is 44.3. The van der Waals surface area contributed by atoms with E-state index in [1.165, 1.54) is 121 Å². The van der Waals surface area contributed by atoms with Crippen molar-refractivity contribution in [3.8, 4) is 22.3 Å². The zero-order valence-electron chi connectivity index (χ0n) is 37.9. The van der Waals surface area contributed by atoms with Crippen LogP contribution in [0.1, 0.15) is 73.6 Å². The van der Waals surface area contributed by atoms with E-state index in [1.807, 2.05) is 11.3 Å². The molecule has 0 bridgehead atoms. The van der Waals surface area contributed by atoms with E-state index in [9.17, 15) is 0 Å². The summed E-state index contributed by atoms with van der Waals surface area (Å²) in [6.45, 7) is 11.6. The second-order valence-electron chi connectivity index (χ2n) is 20.4. The fourth-order valence-electron chi connectivity index (χ4n) is 12.8. The number of anilines is 5. The van der Waals surface area contributed by atoms with Crippen molar-refractivity contribution in [1.82, 2.24) is 0 Å². The van der Waals surface area contributed by atoms with Gasteiger partial charge in [-0.2, -0.15) is 0 Å². The Kier molecular flexibility index (Phi) is 7.66. The van der Waals surface area contributed by atoms with Gasteiger partial charge in [-0.3, -0.25) is 0 Å². The molecule has 0 spiro atoms. The first-order valence-electron chi connectivity index (χ1n) is 23.5. The quantitative estimate of drug-likeness (QED) is 0.163. The molecule has 10 aromatic rings. The first kappa shape index (κ1) is 38.2. The zero-order valence-corrected chi connectivity index (χ0v) is 38.7. The molecule has 9 aromatic carbocycles. The van der Waals surface area contributed by atoms with Gasteiger partial charge in [-0.1, -0.05) is 198 Å². The van der Waals surface area contributed by atoms with Gasteiger partial charge in [0.25, 0.3) is 0 Å². The van der Waals surface area contributed by atoms with Gasteiger partial charge < -0.3 is 9.71 Å². The normalized spacial score (nSPS) is 15.5. The van der Waals surface area contributed by atoms with Crippen molar-refractivity contribution in [3.63, 3.8) is 0 Å². The third-order valence-electron chi connectivity index (χ3n) is 15.7. The van der Waals surface area contributed by atoms with Gasteiger partial charge in [0.1, 0.15) is 0 Å². The number of rotatable bonds is 3. The average molecular weight is 863 g/mol. The minimum absolute atomic E-state index is 0.0172. The van der Waals surface area contributed by atoms with Gasteiger partial charge in [0, 0.05) is 59.5 Å². The second-order valence-corrected chi connectivity index (χ2v) is 21.4. The molecule has 1 aromatic heterocycles. The highest BCUT2D eigenvalue weighted by atomic mass is 32.1. The van der Waals surface area contributed by atoms with E-state index in [2.05, 4.69) is 238 Å².